The molecule has 2 aromatic carbocycles. The highest BCUT2D eigenvalue weighted by Crippen LogP contribution is 2.39. The maximum Gasteiger partial charge on any atom is 0.407 e. The number of hydrogen-bond acceptors (Lipinski definition) is 8. The zero-order valence-corrected chi connectivity index (χ0v) is 23.2. The quantitative estimate of drug-likeness (QED) is 0.183. The Bertz CT molecular complexity index is 1620. The van der Waals surface area contributed by atoms with E-state index in [0.717, 1.165) is 56.5 Å². The number of likely N-dealkylation sites (tertiary alicyclic amines) is 1. The van der Waals surface area contributed by atoms with Crippen LogP contribution in [-0.2, 0) is 0 Å². The number of nitrogens with zero attached hydrogens (tertiary/aromatic N) is 4. The smallest absolute Gasteiger partial charge is 0.407 e. The molecule has 1 aliphatic heterocycles. The maximum absolute atomic E-state index is 11.3. The summed E-state index contributed by atoms with van der Waals surface area (Å²) < 4.78 is 6.52. The molecule has 0 atom stereocenters. The monoisotopic (exact) mass is 569 g/mol. The van der Waals surface area contributed by atoms with Crippen molar-refractivity contribution in [2.45, 2.75) is 17.7 Å². The van der Waals surface area contributed by atoms with Gasteiger partial charge in [0.05, 0.1) is 16.1 Å². The molecule has 0 radical (unpaired) electrons. The van der Waals surface area contributed by atoms with Crippen molar-refractivity contribution in [1.29, 1.82) is 0 Å². The van der Waals surface area contributed by atoms with E-state index in [1.165, 1.54) is 16.2 Å². The fraction of sp³-hybridized carbons (Fsp3) is 0.200. The highest BCUT2D eigenvalue weighted by Gasteiger charge is 2.23. The number of thioether (sulfide) groups is 1. The SMILES string of the molecule is O=C(O)N1CCC(CSc2cnc(Nc3nc(-c4ccccc4)cs3)cc2Oc2cccc3ncccc23)CC1. The molecule has 0 unspecified atom stereocenters. The molecule has 6 rings (SSSR count). The lowest BCUT2D eigenvalue weighted by molar-refractivity contribution is 0.127. The Morgan fingerprint density at radius 2 is 1.90 bits per heavy atom. The lowest BCUT2D eigenvalue weighted by Gasteiger charge is -2.29. The number of ether oxygens (including phenoxy) is 1. The number of carboxylic acid groups (broad SMARTS) is 1. The fourth-order valence-corrected chi connectivity index (χ4v) is 6.49. The zero-order chi connectivity index (χ0) is 27.3. The van der Waals surface area contributed by atoms with Crippen LogP contribution in [0.4, 0.5) is 15.7 Å². The van der Waals surface area contributed by atoms with Crippen molar-refractivity contribution in [2.75, 3.05) is 24.2 Å². The van der Waals surface area contributed by atoms with E-state index in [0.29, 0.717) is 30.6 Å². The molecule has 0 bridgehead atoms. The minimum Gasteiger partial charge on any atom is -0.465 e. The number of nitrogens with one attached hydrogen (secondary N) is 1. The van der Waals surface area contributed by atoms with Crippen molar-refractivity contribution >= 4 is 51.0 Å². The number of hydrogen-bond donors (Lipinski definition) is 2. The number of rotatable bonds is 8. The van der Waals surface area contributed by atoms with Crippen molar-refractivity contribution in [2.24, 2.45) is 5.92 Å². The van der Waals surface area contributed by atoms with E-state index in [9.17, 15) is 9.90 Å². The lowest BCUT2D eigenvalue weighted by atomic mass is 9.99. The predicted octanol–water partition coefficient (Wildman–Crippen LogP) is 7.77. The van der Waals surface area contributed by atoms with Gasteiger partial charge in [0.1, 0.15) is 17.3 Å². The summed E-state index contributed by atoms with van der Waals surface area (Å²) in [4.78, 5) is 27.6. The van der Waals surface area contributed by atoms with Crippen LogP contribution in [0.15, 0.2) is 89.4 Å². The number of benzene rings is 2. The van der Waals surface area contributed by atoms with Crippen molar-refractivity contribution in [3.8, 4) is 22.8 Å². The molecular weight excluding hydrogens is 542 g/mol. The van der Waals surface area contributed by atoms with E-state index in [1.54, 1.807) is 18.0 Å². The minimum absolute atomic E-state index is 0.430. The number of pyridine rings is 2. The second-order valence-corrected chi connectivity index (χ2v) is 11.4. The maximum atomic E-state index is 11.3. The number of aromatic nitrogens is 3. The first kappa shape index (κ1) is 26.1. The summed E-state index contributed by atoms with van der Waals surface area (Å²) >= 11 is 3.22. The van der Waals surface area contributed by atoms with Crippen LogP contribution in [0.5, 0.6) is 11.5 Å². The average molecular weight is 570 g/mol. The van der Waals surface area contributed by atoms with Crippen molar-refractivity contribution in [3.63, 3.8) is 0 Å². The van der Waals surface area contributed by atoms with Gasteiger partial charge in [0.2, 0.25) is 0 Å². The number of amides is 1. The number of thiazole rings is 1. The molecule has 0 saturated carbocycles. The van der Waals surface area contributed by atoms with Crippen molar-refractivity contribution < 1.29 is 14.6 Å². The number of fused-ring (bicyclic) bond motifs is 1. The minimum atomic E-state index is -0.838. The van der Waals surface area contributed by atoms with Crippen LogP contribution in [0.3, 0.4) is 0 Å². The Morgan fingerprint density at radius 3 is 2.73 bits per heavy atom. The number of piperidine rings is 1. The first-order valence-electron chi connectivity index (χ1n) is 13.0. The molecule has 1 fully saturated rings. The van der Waals surface area contributed by atoms with Crippen molar-refractivity contribution in [3.05, 3.63) is 84.5 Å². The second-order valence-electron chi connectivity index (χ2n) is 9.50. The molecule has 5 aromatic rings. The van der Waals surface area contributed by atoms with Gasteiger partial charge in [0.15, 0.2) is 5.13 Å². The number of carbonyl (C=O) groups is 1. The molecule has 3 aromatic heterocycles. The standard InChI is InChI=1S/C30H27N5O3S2/c36-30(37)35-14-11-20(12-15-35)18-39-27-17-32-28(34-29-33-24(19-40-29)21-6-2-1-3-7-21)16-26(27)38-25-10-4-9-23-22(25)8-5-13-31-23/h1-10,13,16-17,19-20H,11-12,14-15,18H2,(H,36,37)(H,32,33,34). The van der Waals surface area contributed by atoms with Crippen LogP contribution in [-0.4, -0.2) is 49.9 Å². The normalized spacial score (nSPS) is 13.8. The van der Waals surface area contributed by atoms with Crippen LogP contribution in [0.2, 0.25) is 0 Å². The molecule has 1 saturated heterocycles. The topological polar surface area (TPSA) is 100 Å². The Labute approximate surface area is 240 Å². The third-order valence-corrected chi connectivity index (χ3v) is 8.84. The summed E-state index contributed by atoms with van der Waals surface area (Å²) in [7, 11) is 0. The molecule has 2 N–H and O–H groups in total. The van der Waals surface area contributed by atoms with E-state index >= 15 is 0 Å². The van der Waals surface area contributed by atoms with Crippen LogP contribution in [0.1, 0.15) is 12.8 Å². The summed E-state index contributed by atoms with van der Waals surface area (Å²) in [5.74, 6) is 3.35. The summed E-state index contributed by atoms with van der Waals surface area (Å²) in [6.45, 7) is 1.15. The van der Waals surface area contributed by atoms with Gasteiger partial charge in [-0.15, -0.1) is 23.1 Å². The van der Waals surface area contributed by atoms with E-state index in [-0.39, 0.29) is 0 Å². The summed E-state index contributed by atoms with van der Waals surface area (Å²) in [5.41, 5.74) is 2.84. The molecule has 0 spiro atoms. The van der Waals surface area contributed by atoms with Crippen LogP contribution < -0.4 is 10.1 Å². The molecule has 4 heterocycles. The molecule has 8 nitrogen and oxygen atoms in total. The van der Waals surface area contributed by atoms with Gasteiger partial charge in [-0.05, 0) is 43.0 Å². The zero-order valence-electron chi connectivity index (χ0n) is 21.6. The summed E-state index contributed by atoms with van der Waals surface area (Å²) in [6, 6.07) is 21.7. The van der Waals surface area contributed by atoms with Gasteiger partial charge < -0.3 is 20.1 Å². The Morgan fingerprint density at radius 1 is 1.05 bits per heavy atom. The van der Waals surface area contributed by atoms with E-state index in [1.807, 2.05) is 78.3 Å². The molecular formula is C30H27N5O3S2. The highest BCUT2D eigenvalue weighted by atomic mass is 32.2. The van der Waals surface area contributed by atoms with Gasteiger partial charge in [-0.2, -0.15) is 0 Å². The lowest BCUT2D eigenvalue weighted by Crippen LogP contribution is -2.37. The van der Waals surface area contributed by atoms with E-state index in [4.69, 9.17) is 9.72 Å². The van der Waals surface area contributed by atoms with Crippen LogP contribution in [0.25, 0.3) is 22.2 Å². The van der Waals surface area contributed by atoms with Gasteiger partial charge in [0.25, 0.3) is 0 Å². The molecule has 1 amide bonds. The van der Waals surface area contributed by atoms with E-state index in [2.05, 4.69) is 15.3 Å². The van der Waals surface area contributed by atoms with Crippen LogP contribution in [0, 0.1) is 5.92 Å². The van der Waals surface area contributed by atoms with Gasteiger partial charge >= 0.3 is 6.09 Å². The van der Waals surface area contributed by atoms with Gasteiger partial charge in [-0.1, -0.05) is 36.4 Å². The predicted molar refractivity (Wildman–Crippen MR) is 160 cm³/mol. The Balaban J connectivity index is 1.24. The first-order valence-corrected chi connectivity index (χ1v) is 14.9. The second kappa shape index (κ2) is 11.9. The molecule has 40 heavy (non-hydrogen) atoms. The van der Waals surface area contributed by atoms with Crippen LogP contribution >= 0.6 is 23.1 Å². The third-order valence-electron chi connectivity index (χ3n) is 6.83. The molecule has 202 valence electrons. The van der Waals surface area contributed by atoms with E-state index < -0.39 is 6.09 Å². The fourth-order valence-electron chi connectivity index (χ4n) is 4.64. The third kappa shape index (κ3) is 6.03. The van der Waals surface area contributed by atoms with Crippen molar-refractivity contribution in [1.82, 2.24) is 19.9 Å². The average Bonchev–Trinajstić information content (AvgIpc) is 3.46. The first-order chi connectivity index (χ1) is 19.6. The summed E-state index contributed by atoms with van der Waals surface area (Å²) in [5, 5.41) is 16.3. The molecule has 0 aliphatic carbocycles. The Kier molecular flexibility index (Phi) is 7.78. The highest BCUT2D eigenvalue weighted by molar-refractivity contribution is 7.99. The molecule has 1 aliphatic rings. The summed E-state index contributed by atoms with van der Waals surface area (Å²) in [6.07, 6.45) is 4.48. The largest absolute Gasteiger partial charge is 0.465 e. The Hall–Kier alpha value is -4.15. The van der Waals surface area contributed by atoms with Gasteiger partial charge in [-0.25, -0.2) is 14.8 Å². The molecule has 10 heteroatoms. The van der Waals surface area contributed by atoms with Gasteiger partial charge in [-0.3, -0.25) is 4.98 Å². The van der Waals surface area contributed by atoms with Gasteiger partial charge in [0, 0.05) is 53.6 Å². The number of anilines is 2.